The minimum atomic E-state index is -0.128. The van der Waals surface area contributed by atoms with Crippen molar-refractivity contribution in [2.45, 2.75) is 6.54 Å². The van der Waals surface area contributed by atoms with Crippen LogP contribution < -0.4 is 10.2 Å². The first-order chi connectivity index (χ1) is 10.6. The summed E-state index contributed by atoms with van der Waals surface area (Å²) in [4.78, 5) is 14.2. The van der Waals surface area contributed by atoms with Crippen LogP contribution in [-0.4, -0.2) is 34.6 Å². The molecule has 1 N–H and O–H groups in total. The van der Waals surface area contributed by atoms with E-state index in [1.165, 1.54) is 0 Å². The molecular formula is C16H17N5O. The highest BCUT2D eigenvalue weighted by atomic mass is 16.1. The van der Waals surface area contributed by atoms with Gasteiger partial charge in [0.25, 0.3) is 5.91 Å². The maximum Gasteiger partial charge on any atom is 0.251 e. The summed E-state index contributed by atoms with van der Waals surface area (Å²) in [6.45, 7) is 0.330. The Hall–Kier alpha value is -2.89. The van der Waals surface area contributed by atoms with E-state index >= 15 is 0 Å². The van der Waals surface area contributed by atoms with Crippen molar-refractivity contribution >= 4 is 17.2 Å². The second-order valence-corrected chi connectivity index (χ2v) is 5.17. The predicted molar refractivity (Wildman–Crippen MR) is 84.9 cm³/mol. The van der Waals surface area contributed by atoms with Crippen LogP contribution in [0.1, 0.15) is 16.2 Å². The van der Waals surface area contributed by atoms with Crippen LogP contribution in [-0.2, 0) is 6.54 Å². The summed E-state index contributed by atoms with van der Waals surface area (Å²) >= 11 is 0. The lowest BCUT2D eigenvalue weighted by Gasteiger charge is -2.13. The Bertz CT molecular complexity index is 809. The van der Waals surface area contributed by atoms with E-state index in [0.29, 0.717) is 17.9 Å². The number of anilines is 1. The molecule has 0 spiro atoms. The van der Waals surface area contributed by atoms with Gasteiger partial charge in [0, 0.05) is 31.5 Å². The Morgan fingerprint density at radius 2 is 2.05 bits per heavy atom. The highest BCUT2D eigenvalue weighted by molar-refractivity contribution is 5.95. The Labute approximate surface area is 128 Å². The van der Waals surface area contributed by atoms with Crippen molar-refractivity contribution in [1.29, 1.82) is 0 Å². The normalized spacial score (nSPS) is 10.6. The van der Waals surface area contributed by atoms with Gasteiger partial charge in [0.1, 0.15) is 0 Å². The van der Waals surface area contributed by atoms with Crippen molar-refractivity contribution in [3.05, 3.63) is 60.0 Å². The van der Waals surface area contributed by atoms with Crippen molar-refractivity contribution < 1.29 is 4.79 Å². The van der Waals surface area contributed by atoms with Gasteiger partial charge in [-0.15, -0.1) is 10.2 Å². The molecule has 0 aliphatic heterocycles. The van der Waals surface area contributed by atoms with Crippen LogP contribution in [0.3, 0.4) is 0 Å². The van der Waals surface area contributed by atoms with Crippen LogP contribution in [0.25, 0.3) is 5.65 Å². The molecule has 1 amide bonds. The van der Waals surface area contributed by atoms with Gasteiger partial charge in [-0.1, -0.05) is 12.1 Å². The van der Waals surface area contributed by atoms with Crippen molar-refractivity contribution in [1.82, 2.24) is 19.9 Å². The van der Waals surface area contributed by atoms with E-state index in [1.54, 1.807) is 6.07 Å². The Balaban J connectivity index is 1.73. The molecule has 0 bridgehead atoms. The van der Waals surface area contributed by atoms with Gasteiger partial charge in [-0.05, 0) is 30.3 Å². The molecule has 3 rings (SSSR count). The number of benzene rings is 1. The van der Waals surface area contributed by atoms with Crippen LogP contribution in [0.15, 0.2) is 48.7 Å². The van der Waals surface area contributed by atoms with Gasteiger partial charge < -0.3 is 10.2 Å². The van der Waals surface area contributed by atoms with E-state index in [9.17, 15) is 4.79 Å². The molecule has 6 heteroatoms. The average molecular weight is 295 g/mol. The maximum absolute atomic E-state index is 12.3. The van der Waals surface area contributed by atoms with Crippen LogP contribution in [0.4, 0.5) is 5.69 Å². The summed E-state index contributed by atoms with van der Waals surface area (Å²) in [5, 5.41) is 11.0. The van der Waals surface area contributed by atoms with Gasteiger partial charge in [0.2, 0.25) is 0 Å². The zero-order valence-corrected chi connectivity index (χ0v) is 12.5. The van der Waals surface area contributed by atoms with Crippen molar-refractivity contribution in [2.24, 2.45) is 0 Å². The first-order valence-electron chi connectivity index (χ1n) is 6.99. The third-order valence-corrected chi connectivity index (χ3v) is 3.42. The summed E-state index contributed by atoms with van der Waals surface area (Å²) < 4.78 is 1.86. The molecule has 0 unspecified atom stereocenters. The molecule has 2 aromatic heterocycles. The third-order valence-electron chi connectivity index (χ3n) is 3.42. The SMILES string of the molecule is CN(C)c1cccc(C(=O)NCc2nnc3ccccn23)c1. The maximum atomic E-state index is 12.3. The van der Waals surface area contributed by atoms with E-state index in [0.717, 1.165) is 11.3 Å². The lowest BCUT2D eigenvalue weighted by atomic mass is 10.2. The summed E-state index contributed by atoms with van der Waals surface area (Å²) in [5.74, 6) is 0.573. The van der Waals surface area contributed by atoms with E-state index < -0.39 is 0 Å². The average Bonchev–Trinajstić information content (AvgIpc) is 2.96. The van der Waals surface area contributed by atoms with Crippen molar-refractivity contribution in [3.63, 3.8) is 0 Å². The molecule has 0 aliphatic rings. The zero-order chi connectivity index (χ0) is 15.5. The van der Waals surface area contributed by atoms with Gasteiger partial charge in [-0.3, -0.25) is 9.20 Å². The standard InChI is InChI=1S/C16H17N5O/c1-20(2)13-7-5-6-12(10-13)16(22)17-11-15-19-18-14-8-3-4-9-21(14)15/h3-10H,11H2,1-2H3,(H,17,22). The summed E-state index contributed by atoms with van der Waals surface area (Å²) in [5.41, 5.74) is 2.38. The lowest BCUT2D eigenvalue weighted by molar-refractivity contribution is 0.0950. The number of aromatic nitrogens is 3. The number of nitrogens with zero attached hydrogens (tertiary/aromatic N) is 4. The minimum Gasteiger partial charge on any atom is -0.378 e. The Morgan fingerprint density at radius 3 is 2.86 bits per heavy atom. The third kappa shape index (κ3) is 2.76. The zero-order valence-electron chi connectivity index (χ0n) is 12.5. The predicted octanol–water partition coefficient (Wildman–Crippen LogP) is 1.73. The number of hydrogen-bond acceptors (Lipinski definition) is 4. The van der Waals surface area contributed by atoms with E-state index in [2.05, 4.69) is 15.5 Å². The van der Waals surface area contributed by atoms with Crippen LogP contribution in [0, 0.1) is 0 Å². The number of hydrogen-bond donors (Lipinski definition) is 1. The number of pyridine rings is 1. The van der Waals surface area contributed by atoms with Gasteiger partial charge in [-0.2, -0.15) is 0 Å². The topological polar surface area (TPSA) is 62.5 Å². The smallest absolute Gasteiger partial charge is 0.251 e. The molecule has 2 heterocycles. The van der Waals surface area contributed by atoms with Crippen molar-refractivity contribution in [3.8, 4) is 0 Å². The number of fused-ring (bicyclic) bond motifs is 1. The monoisotopic (exact) mass is 295 g/mol. The Kier molecular flexibility index (Phi) is 3.74. The minimum absolute atomic E-state index is 0.128. The van der Waals surface area contributed by atoms with E-state index in [1.807, 2.05) is 66.0 Å². The number of carbonyl (C=O) groups is 1. The first kappa shape index (κ1) is 14.1. The fourth-order valence-corrected chi connectivity index (χ4v) is 2.20. The molecular weight excluding hydrogens is 278 g/mol. The fourth-order valence-electron chi connectivity index (χ4n) is 2.20. The van der Waals surface area contributed by atoms with E-state index in [-0.39, 0.29) is 5.91 Å². The molecule has 0 saturated heterocycles. The quantitative estimate of drug-likeness (QED) is 0.796. The number of carbonyl (C=O) groups excluding carboxylic acids is 1. The van der Waals surface area contributed by atoms with Crippen molar-refractivity contribution in [2.75, 3.05) is 19.0 Å². The summed E-state index contributed by atoms with van der Waals surface area (Å²) in [6.07, 6.45) is 1.88. The largest absolute Gasteiger partial charge is 0.378 e. The molecule has 0 radical (unpaired) electrons. The van der Waals surface area contributed by atoms with Crippen LogP contribution in [0.2, 0.25) is 0 Å². The number of nitrogens with one attached hydrogen (secondary N) is 1. The second-order valence-electron chi connectivity index (χ2n) is 5.17. The van der Waals surface area contributed by atoms with Crippen LogP contribution in [0.5, 0.6) is 0 Å². The molecule has 6 nitrogen and oxygen atoms in total. The molecule has 0 saturated carbocycles. The number of rotatable bonds is 4. The molecule has 1 aromatic carbocycles. The second kappa shape index (κ2) is 5.85. The number of amides is 1. The van der Waals surface area contributed by atoms with Gasteiger partial charge in [-0.25, -0.2) is 0 Å². The van der Waals surface area contributed by atoms with Gasteiger partial charge in [0.15, 0.2) is 11.5 Å². The molecule has 22 heavy (non-hydrogen) atoms. The fraction of sp³-hybridized carbons (Fsp3) is 0.188. The van der Waals surface area contributed by atoms with Gasteiger partial charge >= 0.3 is 0 Å². The molecule has 3 aromatic rings. The first-order valence-corrected chi connectivity index (χ1v) is 6.99. The lowest BCUT2D eigenvalue weighted by Crippen LogP contribution is -2.24. The summed E-state index contributed by atoms with van der Waals surface area (Å²) in [6, 6.07) is 13.2. The molecule has 0 fully saturated rings. The highest BCUT2D eigenvalue weighted by Gasteiger charge is 2.09. The van der Waals surface area contributed by atoms with Gasteiger partial charge in [0.05, 0.1) is 6.54 Å². The van der Waals surface area contributed by atoms with Crippen LogP contribution >= 0.6 is 0 Å². The molecule has 112 valence electrons. The van der Waals surface area contributed by atoms with E-state index in [4.69, 9.17) is 0 Å². The highest BCUT2D eigenvalue weighted by Crippen LogP contribution is 2.13. The molecule has 0 aliphatic carbocycles. The summed E-state index contributed by atoms with van der Waals surface area (Å²) in [7, 11) is 3.89. The Morgan fingerprint density at radius 1 is 1.18 bits per heavy atom. The molecule has 0 atom stereocenters.